The summed E-state index contributed by atoms with van der Waals surface area (Å²) in [6.07, 6.45) is 6.32. The summed E-state index contributed by atoms with van der Waals surface area (Å²) in [5.74, 6) is -2.08. The molecule has 0 atom stereocenters. The molecule has 0 saturated carbocycles. The van der Waals surface area contributed by atoms with Crippen molar-refractivity contribution in [2.75, 3.05) is 0 Å². The zero-order valence-electron chi connectivity index (χ0n) is 17.5. The van der Waals surface area contributed by atoms with Crippen molar-refractivity contribution in [2.24, 2.45) is 5.10 Å². The van der Waals surface area contributed by atoms with Gasteiger partial charge in [-0.05, 0) is 41.5 Å². The van der Waals surface area contributed by atoms with Crippen LogP contribution in [0.25, 0.3) is 6.08 Å². The van der Waals surface area contributed by atoms with E-state index in [1.807, 2.05) is 30.3 Å². The summed E-state index contributed by atoms with van der Waals surface area (Å²) in [6.45, 7) is 0. The number of nitrogens with one attached hydrogen (secondary N) is 2. The summed E-state index contributed by atoms with van der Waals surface area (Å²) in [5, 5.41) is 15.4. The number of carbonyl (C=O) groups is 3. The number of carbonyl (C=O) groups excluding carboxylic acids is 2. The van der Waals surface area contributed by atoms with E-state index < -0.39 is 17.8 Å². The minimum absolute atomic E-state index is 0.00871. The molecule has 0 spiro atoms. The van der Waals surface area contributed by atoms with Crippen molar-refractivity contribution in [3.05, 3.63) is 125 Å². The fourth-order valence-electron chi connectivity index (χ4n) is 2.72. The molecule has 33 heavy (non-hydrogen) atoms. The first kappa shape index (κ1) is 22.9. The number of aromatic carboxylic acids is 1. The molecule has 0 aromatic heterocycles. The van der Waals surface area contributed by atoms with E-state index in [1.54, 1.807) is 54.6 Å². The molecule has 0 saturated heterocycles. The van der Waals surface area contributed by atoms with Gasteiger partial charge in [0, 0.05) is 5.56 Å². The van der Waals surface area contributed by atoms with Crippen molar-refractivity contribution >= 4 is 30.1 Å². The van der Waals surface area contributed by atoms with E-state index in [0.29, 0.717) is 11.1 Å². The molecule has 0 heterocycles. The lowest BCUT2D eigenvalue weighted by molar-refractivity contribution is -0.117. The van der Waals surface area contributed by atoms with Gasteiger partial charge in [0.2, 0.25) is 0 Å². The van der Waals surface area contributed by atoms with Crippen LogP contribution in [0.5, 0.6) is 0 Å². The molecule has 0 fully saturated rings. The maximum absolute atomic E-state index is 12.7. The fourth-order valence-corrected chi connectivity index (χ4v) is 2.72. The standard InChI is InChI=1S/C26H21N3O4/c30-24(21-11-5-2-6-12-21)28-23(13-7-10-19-8-3-1-4-9-19)25(31)29-27-18-20-14-16-22(17-15-20)26(32)33/h1-18H,(H,28,30)(H,29,31)(H,32,33)/b10-7+,23-13-,27-18-. The Labute approximate surface area is 190 Å². The Morgan fingerprint density at radius 1 is 0.758 bits per heavy atom. The van der Waals surface area contributed by atoms with Gasteiger partial charge in [-0.3, -0.25) is 9.59 Å². The first-order valence-electron chi connectivity index (χ1n) is 9.99. The predicted molar refractivity (Wildman–Crippen MR) is 127 cm³/mol. The average molecular weight is 439 g/mol. The Hall–Kier alpha value is -4.78. The lowest BCUT2D eigenvalue weighted by atomic mass is 10.1. The van der Waals surface area contributed by atoms with Gasteiger partial charge in [-0.1, -0.05) is 72.8 Å². The monoisotopic (exact) mass is 439 g/mol. The Morgan fingerprint density at radius 2 is 1.39 bits per heavy atom. The van der Waals surface area contributed by atoms with Crippen molar-refractivity contribution in [2.45, 2.75) is 0 Å². The summed E-state index contributed by atoms with van der Waals surface area (Å²) in [5.41, 5.74) is 4.47. The highest BCUT2D eigenvalue weighted by Gasteiger charge is 2.13. The van der Waals surface area contributed by atoms with E-state index in [9.17, 15) is 14.4 Å². The fraction of sp³-hybridized carbons (Fsp3) is 0. The van der Waals surface area contributed by atoms with Gasteiger partial charge in [-0.2, -0.15) is 5.10 Å². The number of hydrogen-bond acceptors (Lipinski definition) is 4. The molecule has 0 aliphatic carbocycles. The SMILES string of the molecule is O=C(N/N=C\c1ccc(C(=O)O)cc1)/C(=C/C=C/c1ccccc1)NC(=O)c1ccccc1. The molecule has 0 unspecified atom stereocenters. The molecule has 7 nitrogen and oxygen atoms in total. The number of hydrazone groups is 1. The van der Waals surface area contributed by atoms with Gasteiger partial charge in [0.15, 0.2) is 0 Å². The quantitative estimate of drug-likeness (QED) is 0.214. The molecule has 2 amide bonds. The molecule has 0 aliphatic rings. The second-order valence-corrected chi connectivity index (χ2v) is 6.80. The topological polar surface area (TPSA) is 108 Å². The van der Waals surface area contributed by atoms with Crippen LogP contribution >= 0.6 is 0 Å². The van der Waals surface area contributed by atoms with Gasteiger partial charge < -0.3 is 10.4 Å². The van der Waals surface area contributed by atoms with Crippen LogP contribution in [0.1, 0.15) is 31.8 Å². The first-order valence-corrected chi connectivity index (χ1v) is 9.99. The zero-order chi connectivity index (χ0) is 23.5. The lowest BCUT2D eigenvalue weighted by Gasteiger charge is -2.08. The minimum Gasteiger partial charge on any atom is -0.478 e. The van der Waals surface area contributed by atoms with E-state index in [2.05, 4.69) is 15.8 Å². The van der Waals surface area contributed by atoms with E-state index in [-0.39, 0.29) is 11.3 Å². The number of benzene rings is 3. The Kier molecular flexibility index (Phi) is 8.03. The molecule has 0 aliphatic heterocycles. The lowest BCUT2D eigenvalue weighted by Crippen LogP contribution is -2.32. The normalized spacial score (nSPS) is 11.5. The number of carboxylic acids is 1. The summed E-state index contributed by atoms with van der Waals surface area (Å²) in [4.78, 5) is 36.1. The zero-order valence-corrected chi connectivity index (χ0v) is 17.5. The van der Waals surface area contributed by atoms with Crippen LogP contribution in [0.4, 0.5) is 0 Å². The smallest absolute Gasteiger partial charge is 0.335 e. The van der Waals surface area contributed by atoms with Gasteiger partial charge >= 0.3 is 5.97 Å². The maximum Gasteiger partial charge on any atom is 0.335 e. The largest absolute Gasteiger partial charge is 0.478 e. The van der Waals surface area contributed by atoms with Crippen molar-refractivity contribution in [1.29, 1.82) is 0 Å². The van der Waals surface area contributed by atoms with Gasteiger partial charge in [-0.25, -0.2) is 10.2 Å². The van der Waals surface area contributed by atoms with Crippen LogP contribution < -0.4 is 10.7 Å². The van der Waals surface area contributed by atoms with Gasteiger partial charge in [0.25, 0.3) is 11.8 Å². The molecule has 0 radical (unpaired) electrons. The molecule has 3 aromatic carbocycles. The van der Waals surface area contributed by atoms with Crippen LogP contribution in [-0.4, -0.2) is 29.1 Å². The number of hydrogen-bond donors (Lipinski definition) is 3. The van der Waals surface area contributed by atoms with Crippen LogP contribution in [0.2, 0.25) is 0 Å². The minimum atomic E-state index is -1.03. The molecule has 0 bridgehead atoms. The molecule has 3 rings (SSSR count). The predicted octanol–water partition coefficient (Wildman–Crippen LogP) is 3.86. The third-order valence-electron chi connectivity index (χ3n) is 4.42. The van der Waals surface area contributed by atoms with Crippen LogP contribution in [0, 0.1) is 0 Å². The maximum atomic E-state index is 12.7. The van der Waals surface area contributed by atoms with E-state index in [0.717, 1.165) is 5.56 Å². The first-order chi connectivity index (χ1) is 16.0. The molecular formula is C26H21N3O4. The second-order valence-electron chi connectivity index (χ2n) is 6.80. The van der Waals surface area contributed by atoms with Gasteiger partial charge in [-0.15, -0.1) is 0 Å². The highest BCUT2D eigenvalue weighted by molar-refractivity contribution is 6.03. The highest BCUT2D eigenvalue weighted by Crippen LogP contribution is 2.05. The summed E-state index contributed by atoms with van der Waals surface area (Å²) >= 11 is 0. The van der Waals surface area contributed by atoms with E-state index in [4.69, 9.17) is 5.11 Å². The van der Waals surface area contributed by atoms with Crippen molar-refractivity contribution in [1.82, 2.24) is 10.7 Å². The summed E-state index contributed by atoms with van der Waals surface area (Å²) in [7, 11) is 0. The van der Waals surface area contributed by atoms with Crippen molar-refractivity contribution < 1.29 is 19.5 Å². The third kappa shape index (κ3) is 7.15. The number of carboxylic acid groups (broad SMARTS) is 1. The van der Waals surface area contributed by atoms with Crippen molar-refractivity contribution in [3.63, 3.8) is 0 Å². The van der Waals surface area contributed by atoms with Gasteiger partial charge in [0.05, 0.1) is 11.8 Å². The number of allylic oxidation sites excluding steroid dienone is 2. The average Bonchev–Trinajstić information content (AvgIpc) is 2.84. The molecule has 3 N–H and O–H groups in total. The molecule has 3 aromatic rings. The summed E-state index contributed by atoms with van der Waals surface area (Å²) < 4.78 is 0. The van der Waals surface area contributed by atoms with Crippen molar-refractivity contribution in [3.8, 4) is 0 Å². The van der Waals surface area contributed by atoms with Crippen LogP contribution in [0.15, 0.2) is 108 Å². The molecule has 164 valence electrons. The Balaban J connectivity index is 1.73. The Morgan fingerprint density at radius 3 is 2.03 bits per heavy atom. The van der Waals surface area contributed by atoms with Crippen LogP contribution in [-0.2, 0) is 4.79 Å². The Bertz CT molecular complexity index is 1200. The number of nitrogens with zero attached hydrogens (tertiary/aromatic N) is 1. The molecule has 7 heteroatoms. The summed E-state index contributed by atoms with van der Waals surface area (Å²) in [6, 6.07) is 24.0. The number of amides is 2. The van der Waals surface area contributed by atoms with Gasteiger partial charge in [0.1, 0.15) is 5.70 Å². The molecular weight excluding hydrogens is 418 g/mol. The number of rotatable bonds is 8. The van der Waals surface area contributed by atoms with E-state index in [1.165, 1.54) is 24.4 Å². The third-order valence-corrected chi connectivity index (χ3v) is 4.42. The van der Waals surface area contributed by atoms with Crippen LogP contribution in [0.3, 0.4) is 0 Å². The van der Waals surface area contributed by atoms with E-state index >= 15 is 0 Å². The second kappa shape index (κ2) is 11.6. The highest BCUT2D eigenvalue weighted by atomic mass is 16.4.